The van der Waals surface area contributed by atoms with Crippen molar-refractivity contribution in [3.8, 4) is 0 Å². The highest BCUT2D eigenvalue weighted by molar-refractivity contribution is 4.88. The Morgan fingerprint density at radius 3 is 2.33 bits per heavy atom. The number of hydrogen-bond donors (Lipinski definition) is 0. The van der Waals surface area contributed by atoms with Gasteiger partial charge in [-0.05, 0) is 33.4 Å². The average Bonchev–Trinajstić information content (AvgIpc) is 2.32. The monoisotopic (exact) mass is 168 g/mol. The van der Waals surface area contributed by atoms with Crippen molar-refractivity contribution in [3.63, 3.8) is 0 Å². The molecular formula is C10H20N2. The van der Waals surface area contributed by atoms with E-state index in [2.05, 4.69) is 23.9 Å². The molecule has 0 radical (unpaired) electrons. The van der Waals surface area contributed by atoms with E-state index in [-0.39, 0.29) is 0 Å². The third-order valence-corrected chi connectivity index (χ3v) is 3.52. The molecule has 0 spiro atoms. The molecule has 0 N–H and O–H groups in total. The van der Waals surface area contributed by atoms with E-state index in [1.807, 2.05) is 0 Å². The van der Waals surface area contributed by atoms with E-state index in [9.17, 15) is 0 Å². The molecule has 12 heavy (non-hydrogen) atoms. The molecule has 0 aromatic heterocycles. The minimum atomic E-state index is 0.825. The maximum absolute atomic E-state index is 2.69. The third kappa shape index (κ3) is 1.50. The zero-order chi connectivity index (χ0) is 8.55. The largest absolute Gasteiger partial charge is 0.305 e. The summed E-state index contributed by atoms with van der Waals surface area (Å²) >= 11 is 0. The van der Waals surface area contributed by atoms with Crippen molar-refractivity contribution in [2.75, 3.05) is 27.2 Å². The van der Waals surface area contributed by atoms with E-state index < -0.39 is 0 Å². The van der Waals surface area contributed by atoms with Gasteiger partial charge in [0.25, 0.3) is 0 Å². The maximum Gasteiger partial charge on any atom is 0.0229 e. The maximum atomic E-state index is 2.69. The molecular weight excluding hydrogens is 148 g/mol. The summed E-state index contributed by atoms with van der Waals surface area (Å²) in [5.74, 6) is 0. The van der Waals surface area contributed by atoms with Gasteiger partial charge in [0.05, 0.1) is 0 Å². The fourth-order valence-electron chi connectivity index (χ4n) is 2.27. The van der Waals surface area contributed by atoms with Gasteiger partial charge in [-0.15, -0.1) is 0 Å². The van der Waals surface area contributed by atoms with Gasteiger partial charge >= 0.3 is 0 Å². The molecule has 0 unspecified atom stereocenters. The Morgan fingerprint density at radius 2 is 1.92 bits per heavy atom. The predicted octanol–water partition coefficient (Wildman–Crippen LogP) is 1.17. The molecule has 0 bridgehead atoms. The number of likely N-dealkylation sites (tertiary alicyclic amines) is 1. The van der Waals surface area contributed by atoms with Crippen molar-refractivity contribution in [2.45, 2.75) is 37.8 Å². The van der Waals surface area contributed by atoms with Crippen LogP contribution in [0, 0.1) is 0 Å². The van der Waals surface area contributed by atoms with Gasteiger partial charge in [0, 0.05) is 25.2 Å². The summed E-state index contributed by atoms with van der Waals surface area (Å²) in [6, 6.07) is 1.78. The molecule has 1 atom stereocenters. The zero-order valence-electron chi connectivity index (χ0n) is 8.29. The SMILES string of the molecule is CN(C)[C@@H]1CCN(C2CCC2)C1. The molecule has 2 fully saturated rings. The summed E-state index contributed by atoms with van der Waals surface area (Å²) in [7, 11) is 4.41. The van der Waals surface area contributed by atoms with Gasteiger partial charge in [-0.2, -0.15) is 0 Å². The summed E-state index contributed by atoms with van der Waals surface area (Å²) in [5.41, 5.74) is 0. The van der Waals surface area contributed by atoms with Crippen LogP contribution in [-0.4, -0.2) is 49.1 Å². The molecule has 1 heterocycles. The van der Waals surface area contributed by atoms with Crippen molar-refractivity contribution in [3.05, 3.63) is 0 Å². The van der Waals surface area contributed by atoms with E-state index >= 15 is 0 Å². The fourth-order valence-corrected chi connectivity index (χ4v) is 2.27. The Balaban J connectivity index is 1.81. The number of nitrogens with zero attached hydrogens (tertiary/aromatic N) is 2. The summed E-state index contributed by atoms with van der Waals surface area (Å²) in [6.07, 6.45) is 5.76. The van der Waals surface area contributed by atoms with Crippen molar-refractivity contribution >= 4 is 0 Å². The molecule has 0 aromatic carbocycles. The molecule has 2 rings (SSSR count). The van der Waals surface area contributed by atoms with Crippen LogP contribution in [0.5, 0.6) is 0 Å². The Labute approximate surface area is 75.5 Å². The topological polar surface area (TPSA) is 6.48 Å². The molecule has 1 saturated carbocycles. The second kappa shape index (κ2) is 3.35. The van der Waals surface area contributed by atoms with Crippen LogP contribution >= 0.6 is 0 Å². The number of hydrogen-bond acceptors (Lipinski definition) is 2. The lowest BCUT2D eigenvalue weighted by atomic mass is 9.92. The normalized spacial score (nSPS) is 32.8. The fraction of sp³-hybridized carbons (Fsp3) is 1.00. The lowest BCUT2D eigenvalue weighted by Gasteiger charge is -2.35. The van der Waals surface area contributed by atoms with Crippen molar-refractivity contribution in [2.24, 2.45) is 0 Å². The highest BCUT2D eigenvalue weighted by atomic mass is 15.2. The first kappa shape index (κ1) is 8.52. The van der Waals surface area contributed by atoms with Crippen molar-refractivity contribution in [1.82, 2.24) is 9.80 Å². The van der Waals surface area contributed by atoms with Crippen molar-refractivity contribution < 1.29 is 0 Å². The van der Waals surface area contributed by atoms with Crippen LogP contribution in [0.1, 0.15) is 25.7 Å². The van der Waals surface area contributed by atoms with E-state index in [1.54, 1.807) is 0 Å². The van der Waals surface area contributed by atoms with Crippen LogP contribution in [0.2, 0.25) is 0 Å². The molecule has 0 amide bonds. The number of likely N-dealkylation sites (N-methyl/N-ethyl adjacent to an activating group) is 1. The Morgan fingerprint density at radius 1 is 1.17 bits per heavy atom. The lowest BCUT2D eigenvalue weighted by molar-refractivity contribution is 0.147. The van der Waals surface area contributed by atoms with Crippen LogP contribution in [0.15, 0.2) is 0 Å². The second-order valence-electron chi connectivity index (χ2n) is 4.49. The molecule has 1 aliphatic heterocycles. The highest BCUT2D eigenvalue weighted by Gasteiger charge is 2.31. The Bertz CT molecular complexity index is 152. The van der Waals surface area contributed by atoms with Gasteiger partial charge in [-0.3, -0.25) is 4.90 Å². The summed E-state index contributed by atoms with van der Waals surface area (Å²) in [5, 5.41) is 0. The summed E-state index contributed by atoms with van der Waals surface area (Å²) in [6.45, 7) is 2.66. The summed E-state index contributed by atoms with van der Waals surface area (Å²) < 4.78 is 0. The van der Waals surface area contributed by atoms with E-state index in [4.69, 9.17) is 0 Å². The van der Waals surface area contributed by atoms with Crippen LogP contribution in [0.3, 0.4) is 0 Å². The molecule has 2 aliphatic rings. The van der Waals surface area contributed by atoms with E-state index in [1.165, 1.54) is 38.8 Å². The van der Waals surface area contributed by atoms with Crippen LogP contribution < -0.4 is 0 Å². The van der Waals surface area contributed by atoms with Gasteiger partial charge in [-0.1, -0.05) is 6.42 Å². The van der Waals surface area contributed by atoms with E-state index in [0.29, 0.717) is 0 Å². The van der Waals surface area contributed by atoms with Crippen LogP contribution in [0.4, 0.5) is 0 Å². The lowest BCUT2D eigenvalue weighted by Crippen LogP contribution is -2.40. The third-order valence-electron chi connectivity index (χ3n) is 3.52. The van der Waals surface area contributed by atoms with Gasteiger partial charge < -0.3 is 4.90 Å². The van der Waals surface area contributed by atoms with Gasteiger partial charge in [0.15, 0.2) is 0 Å². The molecule has 1 saturated heterocycles. The standard InChI is InChI=1S/C10H20N2/c1-11(2)10-6-7-12(8-10)9-4-3-5-9/h9-10H,3-8H2,1-2H3/t10-/m1/s1. The summed E-state index contributed by atoms with van der Waals surface area (Å²) in [4.78, 5) is 5.06. The molecule has 0 aromatic rings. The first-order chi connectivity index (χ1) is 5.77. The second-order valence-corrected chi connectivity index (χ2v) is 4.49. The van der Waals surface area contributed by atoms with Gasteiger partial charge in [-0.25, -0.2) is 0 Å². The smallest absolute Gasteiger partial charge is 0.0229 e. The van der Waals surface area contributed by atoms with Gasteiger partial charge in [0.2, 0.25) is 0 Å². The average molecular weight is 168 g/mol. The zero-order valence-corrected chi connectivity index (χ0v) is 8.29. The molecule has 70 valence electrons. The Hall–Kier alpha value is -0.0800. The first-order valence-corrected chi connectivity index (χ1v) is 5.18. The van der Waals surface area contributed by atoms with Crippen LogP contribution in [0.25, 0.3) is 0 Å². The van der Waals surface area contributed by atoms with E-state index in [0.717, 1.165) is 12.1 Å². The van der Waals surface area contributed by atoms with Crippen molar-refractivity contribution in [1.29, 1.82) is 0 Å². The molecule has 2 heteroatoms. The first-order valence-electron chi connectivity index (χ1n) is 5.18. The molecule has 1 aliphatic carbocycles. The number of rotatable bonds is 2. The Kier molecular flexibility index (Phi) is 2.37. The quantitative estimate of drug-likeness (QED) is 0.611. The minimum Gasteiger partial charge on any atom is -0.305 e. The van der Waals surface area contributed by atoms with Crippen LogP contribution in [-0.2, 0) is 0 Å². The predicted molar refractivity (Wildman–Crippen MR) is 51.3 cm³/mol. The molecule has 2 nitrogen and oxygen atoms in total. The van der Waals surface area contributed by atoms with Gasteiger partial charge in [0.1, 0.15) is 0 Å². The minimum absolute atomic E-state index is 0.825. The highest BCUT2D eigenvalue weighted by Crippen LogP contribution is 2.28.